The van der Waals surface area contributed by atoms with E-state index in [0.29, 0.717) is 5.75 Å². The van der Waals surface area contributed by atoms with Crippen molar-refractivity contribution in [3.05, 3.63) is 30.3 Å². The van der Waals surface area contributed by atoms with E-state index in [0.717, 1.165) is 0 Å². The van der Waals surface area contributed by atoms with E-state index < -0.39 is 0 Å². The minimum absolute atomic E-state index is 0. The summed E-state index contributed by atoms with van der Waals surface area (Å²) in [5.41, 5.74) is 0. The zero-order valence-corrected chi connectivity index (χ0v) is 6.25. The van der Waals surface area contributed by atoms with E-state index in [2.05, 4.69) is 0 Å². The van der Waals surface area contributed by atoms with E-state index in [4.69, 9.17) is 5.11 Å². The third-order valence-electron chi connectivity index (χ3n) is 0.756. The first-order valence-corrected chi connectivity index (χ1v) is 2.13. The largest absolute Gasteiger partial charge is 0.508 e. The standard InChI is InChI=1S/C6H6O.Mo/c7-6-4-2-1-3-5-6;/h1-5,7H;. The molecule has 1 rings (SSSR count). The molecule has 1 nitrogen and oxygen atoms in total. The molecule has 0 atom stereocenters. The van der Waals surface area contributed by atoms with Crippen molar-refractivity contribution < 1.29 is 26.2 Å². The van der Waals surface area contributed by atoms with Gasteiger partial charge in [-0.15, -0.1) is 0 Å². The molecular weight excluding hydrogens is 184 g/mol. The molecule has 0 saturated heterocycles. The number of benzene rings is 1. The first-order valence-electron chi connectivity index (χ1n) is 2.13. The molecule has 0 unspecified atom stereocenters. The van der Waals surface area contributed by atoms with E-state index in [1.54, 1.807) is 24.3 Å². The van der Waals surface area contributed by atoms with Gasteiger partial charge in [-0.25, -0.2) is 0 Å². The molecule has 0 bridgehead atoms. The van der Waals surface area contributed by atoms with Gasteiger partial charge in [-0.05, 0) is 12.1 Å². The van der Waals surface area contributed by atoms with Crippen LogP contribution in [0.4, 0.5) is 0 Å². The number of hydrogen-bond donors (Lipinski definition) is 1. The van der Waals surface area contributed by atoms with Crippen LogP contribution in [0.2, 0.25) is 0 Å². The van der Waals surface area contributed by atoms with Crippen LogP contribution >= 0.6 is 0 Å². The van der Waals surface area contributed by atoms with Crippen molar-refractivity contribution in [2.45, 2.75) is 0 Å². The molecule has 1 aromatic rings. The van der Waals surface area contributed by atoms with Crippen molar-refractivity contribution in [2.75, 3.05) is 0 Å². The first-order chi connectivity index (χ1) is 3.39. The Labute approximate surface area is 62.6 Å². The number of phenols is 1. The van der Waals surface area contributed by atoms with Gasteiger partial charge in [0, 0.05) is 21.1 Å². The first kappa shape index (κ1) is 7.71. The maximum atomic E-state index is 8.63. The number of hydrogen-bond acceptors (Lipinski definition) is 1. The van der Waals surface area contributed by atoms with Crippen molar-refractivity contribution in [1.29, 1.82) is 0 Å². The Bertz CT molecular complexity index is 138. The Morgan fingerprint density at radius 1 is 1.00 bits per heavy atom. The average molecular weight is 190 g/mol. The molecule has 1 aromatic carbocycles. The van der Waals surface area contributed by atoms with E-state index in [1.165, 1.54) is 0 Å². The second-order valence-corrected chi connectivity index (χ2v) is 1.34. The molecule has 0 aliphatic rings. The van der Waals surface area contributed by atoms with Gasteiger partial charge in [0.1, 0.15) is 5.75 Å². The van der Waals surface area contributed by atoms with Crippen LogP contribution < -0.4 is 0 Å². The number of rotatable bonds is 0. The Hall–Kier alpha value is -0.292. The van der Waals surface area contributed by atoms with E-state index in [-0.39, 0.29) is 21.1 Å². The van der Waals surface area contributed by atoms with Crippen molar-refractivity contribution >= 4 is 0 Å². The zero-order chi connectivity index (χ0) is 5.11. The molecule has 0 spiro atoms. The van der Waals surface area contributed by atoms with Crippen LogP contribution in [-0.2, 0) is 21.1 Å². The number of aromatic hydroxyl groups is 1. The maximum absolute atomic E-state index is 8.63. The SMILES string of the molecule is Oc1ccccc1.[Mo]. The van der Waals surface area contributed by atoms with Crippen LogP contribution in [0.1, 0.15) is 0 Å². The number of phenolic OH excluding ortho intramolecular Hbond substituents is 1. The van der Waals surface area contributed by atoms with Gasteiger partial charge in [-0.3, -0.25) is 0 Å². The third-order valence-corrected chi connectivity index (χ3v) is 0.756. The minimum atomic E-state index is 0. The molecule has 0 amide bonds. The summed E-state index contributed by atoms with van der Waals surface area (Å²) >= 11 is 0. The quantitative estimate of drug-likeness (QED) is 0.613. The van der Waals surface area contributed by atoms with Gasteiger partial charge in [-0.1, -0.05) is 18.2 Å². The van der Waals surface area contributed by atoms with Gasteiger partial charge in [0.15, 0.2) is 0 Å². The monoisotopic (exact) mass is 192 g/mol. The summed E-state index contributed by atoms with van der Waals surface area (Å²) in [6.45, 7) is 0. The summed E-state index contributed by atoms with van der Waals surface area (Å²) in [7, 11) is 0. The molecule has 0 heterocycles. The maximum Gasteiger partial charge on any atom is 0.115 e. The molecule has 8 heavy (non-hydrogen) atoms. The topological polar surface area (TPSA) is 20.2 Å². The molecule has 0 saturated carbocycles. The van der Waals surface area contributed by atoms with E-state index >= 15 is 0 Å². The van der Waals surface area contributed by atoms with Crippen LogP contribution in [0.15, 0.2) is 30.3 Å². The van der Waals surface area contributed by atoms with E-state index in [1.807, 2.05) is 6.07 Å². The fourth-order valence-corrected chi connectivity index (χ4v) is 0.428. The van der Waals surface area contributed by atoms with Gasteiger partial charge >= 0.3 is 0 Å². The molecule has 2 heteroatoms. The summed E-state index contributed by atoms with van der Waals surface area (Å²) in [4.78, 5) is 0. The van der Waals surface area contributed by atoms with Crippen molar-refractivity contribution in [3.8, 4) is 5.75 Å². The minimum Gasteiger partial charge on any atom is -0.508 e. The fraction of sp³-hybridized carbons (Fsp3) is 0. The molecule has 0 fully saturated rings. The predicted octanol–water partition coefficient (Wildman–Crippen LogP) is 1.39. The van der Waals surface area contributed by atoms with Crippen LogP contribution in [0.25, 0.3) is 0 Å². The summed E-state index contributed by atoms with van der Waals surface area (Å²) < 4.78 is 0. The second-order valence-electron chi connectivity index (χ2n) is 1.34. The van der Waals surface area contributed by atoms with Crippen LogP contribution in [0, 0.1) is 0 Å². The molecule has 0 aliphatic carbocycles. The summed E-state index contributed by atoms with van der Waals surface area (Å²) in [6.07, 6.45) is 0. The van der Waals surface area contributed by atoms with Crippen molar-refractivity contribution in [2.24, 2.45) is 0 Å². The van der Waals surface area contributed by atoms with Gasteiger partial charge in [-0.2, -0.15) is 0 Å². The number of para-hydroxylation sites is 1. The van der Waals surface area contributed by atoms with E-state index in [9.17, 15) is 0 Å². The summed E-state index contributed by atoms with van der Waals surface area (Å²) in [5, 5.41) is 8.63. The molecule has 0 aliphatic heterocycles. The summed E-state index contributed by atoms with van der Waals surface area (Å²) in [5.74, 6) is 0.322. The molecule has 42 valence electrons. The van der Waals surface area contributed by atoms with Crippen LogP contribution in [0.3, 0.4) is 0 Å². The Kier molecular flexibility index (Phi) is 3.54. The molecule has 1 N–H and O–H groups in total. The van der Waals surface area contributed by atoms with Crippen LogP contribution in [0.5, 0.6) is 5.75 Å². The van der Waals surface area contributed by atoms with Crippen molar-refractivity contribution in [3.63, 3.8) is 0 Å². The van der Waals surface area contributed by atoms with Gasteiger partial charge in [0.25, 0.3) is 0 Å². The summed E-state index contributed by atoms with van der Waals surface area (Å²) in [6, 6.07) is 8.71. The zero-order valence-electron chi connectivity index (χ0n) is 4.24. The van der Waals surface area contributed by atoms with Crippen LogP contribution in [-0.4, -0.2) is 5.11 Å². The second kappa shape index (κ2) is 3.68. The Morgan fingerprint density at radius 3 is 1.75 bits per heavy atom. The fourth-order valence-electron chi connectivity index (χ4n) is 0.428. The van der Waals surface area contributed by atoms with Gasteiger partial charge in [0.05, 0.1) is 0 Å². The third kappa shape index (κ3) is 2.13. The molecule has 0 aromatic heterocycles. The van der Waals surface area contributed by atoms with Gasteiger partial charge < -0.3 is 5.11 Å². The predicted molar refractivity (Wildman–Crippen MR) is 28.1 cm³/mol. The molecular formula is C6H6MoO. The molecule has 0 radical (unpaired) electrons. The van der Waals surface area contributed by atoms with Crippen molar-refractivity contribution in [1.82, 2.24) is 0 Å². The van der Waals surface area contributed by atoms with Gasteiger partial charge in [0.2, 0.25) is 0 Å². The average Bonchev–Trinajstić information content (AvgIpc) is 1.69. The normalized spacial score (nSPS) is 7.50. The smallest absolute Gasteiger partial charge is 0.115 e. The Balaban J connectivity index is 0.000000490. The Morgan fingerprint density at radius 2 is 1.50 bits per heavy atom.